The number of aliphatic carboxylic acids is 3. The minimum Gasteiger partial charge on any atom is -0.481 e. The highest BCUT2D eigenvalue weighted by atomic mass is 16.5. The lowest BCUT2D eigenvalue weighted by Crippen LogP contribution is -2.47. The molecule has 1 amide bonds. The Hall–Kier alpha value is -4.47. The van der Waals surface area contributed by atoms with Crippen LogP contribution in [0.3, 0.4) is 0 Å². The number of aryl methyl sites for hydroxylation is 1. The lowest BCUT2D eigenvalue weighted by atomic mass is 9.87. The smallest absolute Gasteiger partial charge is 0.326 e. The van der Waals surface area contributed by atoms with Crippen molar-refractivity contribution >= 4 is 29.6 Å². The highest BCUT2D eigenvalue weighted by Gasteiger charge is 2.35. The molecule has 0 heterocycles. The van der Waals surface area contributed by atoms with Crippen molar-refractivity contribution in [3.8, 4) is 11.5 Å². The molecule has 0 aliphatic rings. The molecule has 2 aromatic carbocycles. The number of amides is 1. The third-order valence-electron chi connectivity index (χ3n) is 8.16. The third-order valence-corrected chi connectivity index (χ3v) is 8.16. The second kappa shape index (κ2) is 22.2. The van der Waals surface area contributed by atoms with E-state index in [0.717, 1.165) is 44.1 Å². The maximum Gasteiger partial charge on any atom is 0.326 e. The third kappa shape index (κ3) is 15.9. The van der Waals surface area contributed by atoms with Gasteiger partial charge in [-0.15, -0.1) is 0 Å². The number of carbonyl (C=O) groups excluding carboxylic acids is 2. The van der Waals surface area contributed by atoms with E-state index in [4.69, 9.17) is 4.74 Å². The van der Waals surface area contributed by atoms with E-state index in [1.165, 1.54) is 25.3 Å². The fourth-order valence-electron chi connectivity index (χ4n) is 5.33. The summed E-state index contributed by atoms with van der Waals surface area (Å²) in [5, 5.41) is 31.4. The van der Waals surface area contributed by atoms with Gasteiger partial charge in [-0.05, 0) is 62.4 Å². The number of ether oxygens (including phenoxy) is 1. The zero-order chi connectivity index (χ0) is 35.3. The van der Waals surface area contributed by atoms with Gasteiger partial charge in [0.25, 0.3) is 0 Å². The van der Waals surface area contributed by atoms with Crippen LogP contribution in [0.1, 0.15) is 102 Å². The number of carboxylic acid groups (broad SMARTS) is 3. The second-order valence-electron chi connectivity index (χ2n) is 12.3. The number of benzene rings is 2. The number of nitrogens with one attached hydrogen (secondary N) is 1. The first-order valence-electron chi connectivity index (χ1n) is 17.0. The molecule has 0 unspecified atom stereocenters. The number of hydrogen-bond acceptors (Lipinski definition) is 6. The molecule has 2 rings (SSSR count). The number of Topliss-reactive ketones (excluding diaryl/α,β-unsaturated/α-hetero) is 1. The van der Waals surface area contributed by atoms with E-state index in [-0.39, 0.29) is 6.42 Å². The highest BCUT2D eigenvalue weighted by Crippen LogP contribution is 2.24. The van der Waals surface area contributed by atoms with Crippen LogP contribution in [0.2, 0.25) is 0 Å². The number of allylic oxidation sites excluding steroid dienone is 1. The van der Waals surface area contributed by atoms with E-state index < -0.39 is 48.1 Å². The number of ketones is 1. The average Bonchev–Trinajstić information content (AvgIpc) is 3.04. The van der Waals surface area contributed by atoms with E-state index in [2.05, 4.69) is 12.2 Å². The van der Waals surface area contributed by atoms with Crippen molar-refractivity contribution in [1.29, 1.82) is 0 Å². The van der Waals surface area contributed by atoms with Gasteiger partial charge in [0.05, 0.1) is 18.3 Å². The molecule has 0 saturated heterocycles. The summed E-state index contributed by atoms with van der Waals surface area (Å²) in [7, 11) is 0. The number of carboxylic acids is 3. The Bertz CT molecular complexity index is 1330. The zero-order valence-electron chi connectivity index (χ0n) is 28.2. The van der Waals surface area contributed by atoms with Crippen LogP contribution in [0.15, 0.2) is 60.7 Å². The molecule has 3 atom stereocenters. The Kier molecular flexibility index (Phi) is 18.3. The van der Waals surface area contributed by atoms with Gasteiger partial charge in [0.15, 0.2) is 0 Å². The summed E-state index contributed by atoms with van der Waals surface area (Å²) >= 11 is 0. The van der Waals surface area contributed by atoms with Gasteiger partial charge in [-0.1, -0.05) is 87.4 Å². The molecule has 0 aliphatic heterocycles. The molecule has 0 radical (unpaired) electrons. The molecule has 48 heavy (non-hydrogen) atoms. The second-order valence-corrected chi connectivity index (χ2v) is 12.3. The molecular weight excluding hydrogens is 614 g/mol. The largest absolute Gasteiger partial charge is 0.481 e. The fourth-order valence-corrected chi connectivity index (χ4v) is 5.33. The lowest BCUT2D eigenvalue weighted by molar-refractivity contribution is -0.152. The standard InChI is InChI=1S/C38H51NO9/c1-3-4-5-8-11-14-29(40)15-12-9-6-7-10-13-16-32(33(37(44)45)26-35(41)42)36(43)39-34(38(46)47)25-28-19-23-31(24-20-28)48-30-21-17-27(2)18-22-30/h13,16-24,32-34H,3-12,14-15,25-26H2,1-2H3,(H,39,43)(H,41,42)(H,44,45)(H,46,47)/b16-13+/t32-,33+,34-/m0/s1. The van der Waals surface area contributed by atoms with Crippen LogP contribution in [0.5, 0.6) is 11.5 Å². The van der Waals surface area contributed by atoms with E-state index >= 15 is 0 Å². The van der Waals surface area contributed by atoms with Crippen LogP contribution in [0.25, 0.3) is 0 Å². The molecule has 10 nitrogen and oxygen atoms in total. The molecule has 0 aromatic heterocycles. The molecule has 262 valence electrons. The molecule has 4 N–H and O–H groups in total. The quantitative estimate of drug-likeness (QED) is 0.0619. The molecule has 2 aromatic rings. The Morgan fingerprint density at radius 1 is 0.750 bits per heavy atom. The van der Waals surface area contributed by atoms with Crippen molar-refractivity contribution in [3.63, 3.8) is 0 Å². The number of rotatable bonds is 25. The van der Waals surface area contributed by atoms with Gasteiger partial charge in [-0.3, -0.25) is 19.2 Å². The van der Waals surface area contributed by atoms with Gasteiger partial charge in [0.1, 0.15) is 23.3 Å². The molecule has 0 bridgehead atoms. The van der Waals surface area contributed by atoms with Crippen LogP contribution < -0.4 is 10.1 Å². The van der Waals surface area contributed by atoms with Gasteiger partial charge < -0.3 is 25.4 Å². The predicted molar refractivity (Wildman–Crippen MR) is 183 cm³/mol. The maximum atomic E-state index is 13.3. The van der Waals surface area contributed by atoms with Gasteiger partial charge in [0, 0.05) is 19.3 Å². The highest BCUT2D eigenvalue weighted by molar-refractivity contribution is 5.91. The fraction of sp³-hybridized carbons (Fsp3) is 0.500. The van der Waals surface area contributed by atoms with Crippen LogP contribution in [-0.4, -0.2) is 51.0 Å². The summed E-state index contributed by atoms with van der Waals surface area (Å²) in [6.45, 7) is 4.13. The summed E-state index contributed by atoms with van der Waals surface area (Å²) < 4.78 is 5.81. The molecular formula is C38H51NO9. The van der Waals surface area contributed by atoms with Crippen LogP contribution >= 0.6 is 0 Å². The summed E-state index contributed by atoms with van der Waals surface area (Å²) in [5.74, 6) is -6.52. The monoisotopic (exact) mass is 665 g/mol. The van der Waals surface area contributed by atoms with E-state index in [1.807, 2.05) is 31.2 Å². The minimum absolute atomic E-state index is 0.0830. The molecule has 0 spiro atoms. The van der Waals surface area contributed by atoms with Crippen LogP contribution in [-0.2, 0) is 30.4 Å². The maximum absolute atomic E-state index is 13.3. The van der Waals surface area contributed by atoms with E-state index in [9.17, 15) is 39.3 Å². The molecule has 10 heteroatoms. The van der Waals surface area contributed by atoms with Crippen molar-refractivity contribution in [2.24, 2.45) is 11.8 Å². The van der Waals surface area contributed by atoms with E-state index in [0.29, 0.717) is 42.1 Å². The predicted octanol–water partition coefficient (Wildman–Crippen LogP) is 7.52. The Labute approximate surface area is 283 Å². The number of carbonyl (C=O) groups is 5. The Morgan fingerprint density at radius 3 is 1.85 bits per heavy atom. The van der Waals surface area contributed by atoms with Crippen LogP contribution in [0, 0.1) is 18.8 Å². The SMILES string of the molecule is CCCCCCCC(=O)CCCCCC/C=C/[C@H](C(=O)N[C@@H](Cc1ccc(Oc2ccc(C)cc2)cc1)C(=O)O)[C@@H](CC(=O)O)C(=O)O. The van der Waals surface area contributed by atoms with Gasteiger partial charge >= 0.3 is 17.9 Å². The summed E-state index contributed by atoms with van der Waals surface area (Å²) in [5.41, 5.74) is 1.69. The first-order chi connectivity index (χ1) is 23.0. The lowest BCUT2D eigenvalue weighted by Gasteiger charge is -2.22. The first kappa shape index (κ1) is 39.7. The minimum atomic E-state index is -1.58. The van der Waals surface area contributed by atoms with Gasteiger partial charge in [0.2, 0.25) is 5.91 Å². The van der Waals surface area contributed by atoms with Crippen molar-refractivity contribution in [3.05, 3.63) is 71.8 Å². The zero-order valence-corrected chi connectivity index (χ0v) is 28.2. The van der Waals surface area contributed by atoms with Crippen molar-refractivity contribution in [2.45, 2.75) is 110 Å². The summed E-state index contributed by atoms with van der Waals surface area (Å²) in [6.07, 6.45) is 12.7. The molecule has 0 aliphatic carbocycles. The van der Waals surface area contributed by atoms with Crippen molar-refractivity contribution in [2.75, 3.05) is 0 Å². The Balaban J connectivity index is 1.95. The topological polar surface area (TPSA) is 167 Å². The number of unbranched alkanes of at least 4 members (excludes halogenated alkanes) is 8. The normalized spacial score (nSPS) is 13.0. The Morgan fingerprint density at radius 2 is 1.31 bits per heavy atom. The first-order valence-corrected chi connectivity index (χ1v) is 17.0. The summed E-state index contributed by atoms with van der Waals surface area (Å²) in [6, 6.07) is 12.8. The number of hydrogen-bond donors (Lipinski definition) is 4. The van der Waals surface area contributed by atoms with Crippen molar-refractivity contribution in [1.82, 2.24) is 5.32 Å². The molecule has 0 saturated carbocycles. The summed E-state index contributed by atoms with van der Waals surface area (Å²) in [4.78, 5) is 61.0. The van der Waals surface area contributed by atoms with Gasteiger partial charge in [-0.2, -0.15) is 0 Å². The average molecular weight is 666 g/mol. The van der Waals surface area contributed by atoms with Gasteiger partial charge in [-0.25, -0.2) is 4.79 Å². The molecule has 0 fully saturated rings. The van der Waals surface area contributed by atoms with Crippen molar-refractivity contribution < 1.29 is 44.0 Å². The van der Waals surface area contributed by atoms with Crippen LogP contribution in [0.4, 0.5) is 0 Å². The van der Waals surface area contributed by atoms with E-state index in [1.54, 1.807) is 30.3 Å².